The van der Waals surface area contributed by atoms with Crippen molar-refractivity contribution in [1.82, 2.24) is 15.1 Å². The van der Waals surface area contributed by atoms with Crippen molar-refractivity contribution in [3.63, 3.8) is 0 Å². The van der Waals surface area contributed by atoms with E-state index in [1.807, 2.05) is 6.92 Å². The fourth-order valence-electron chi connectivity index (χ4n) is 2.57. The summed E-state index contributed by atoms with van der Waals surface area (Å²) in [5, 5.41) is 17.6. The molecule has 0 atom stereocenters. The minimum absolute atomic E-state index is 0.254. The van der Waals surface area contributed by atoms with Crippen LogP contribution in [0.1, 0.15) is 48.7 Å². The van der Waals surface area contributed by atoms with Crippen molar-refractivity contribution in [2.75, 3.05) is 6.54 Å². The number of rotatable bonds is 4. The van der Waals surface area contributed by atoms with Gasteiger partial charge in [-0.3, -0.25) is 9.48 Å². The van der Waals surface area contributed by atoms with E-state index in [2.05, 4.69) is 10.4 Å². The van der Waals surface area contributed by atoms with Crippen LogP contribution in [0.2, 0.25) is 5.15 Å². The van der Waals surface area contributed by atoms with E-state index in [-0.39, 0.29) is 12.5 Å². The summed E-state index contributed by atoms with van der Waals surface area (Å²) in [5.74, 6) is -0.254. The minimum atomic E-state index is -0.753. The van der Waals surface area contributed by atoms with E-state index in [0.29, 0.717) is 22.8 Å². The third-order valence-corrected chi connectivity index (χ3v) is 4.16. The molecule has 106 valence electrons. The predicted octanol–water partition coefficient (Wildman–Crippen LogP) is 1.67. The lowest BCUT2D eigenvalue weighted by molar-refractivity contribution is 0.0449. The second-order valence-corrected chi connectivity index (χ2v) is 5.56. The molecule has 0 saturated heterocycles. The van der Waals surface area contributed by atoms with Crippen molar-refractivity contribution < 1.29 is 9.90 Å². The minimum Gasteiger partial charge on any atom is -0.388 e. The van der Waals surface area contributed by atoms with Gasteiger partial charge in [-0.25, -0.2) is 0 Å². The first-order valence-corrected chi connectivity index (χ1v) is 7.06. The van der Waals surface area contributed by atoms with E-state index >= 15 is 0 Å². The third kappa shape index (κ3) is 2.92. The van der Waals surface area contributed by atoms with Crippen molar-refractivity contribution in [3.8, 4) is 0 Å². The smallest absolute Gasteiger partial charge is 0.256 e. The lowest BCUT2D eigenvalue weighted by Crippen LogP contribution is -2.41. The average Bonchev–Trinajstić information content (AvgIpc) is 2.93. The number of carbonyl (C=O) groups is 1. The van der Waals surface area contributed by atoms with E-state index in [1.54, 1.807) is 7.05 Å². The number of amides is 1. The lowest BCUT2D eigenvalue weighted by atomic mass is 10.0. The maximum atomic E-state index is 12.2. The molecule has 1 heterocycles. The van der Waals surface area contributed by atoms with Gasteiger partial charge in [-0.1, -0.05) is 31.4 Å². The normalized spacial score (nSPS) is 17.7. The number of aliphatic hydroxyl groups is 1. The Morgan fingerprint density at radius 3 is 2.74 bits per heavy atom. The summed E-state index contributed by atoms with van der Waals surface area (Å²) in [6.45, 7) is 2.21. The maximum absolute atomic E-state index is 12.2. The van der Waals surface area contributed by atoms with E-state index in [4.69, 9.17) is 11.6 Å². The Morgan fingerprint density at radius 1 is 1.53 bits per heavy atom. The van der Waals surface area contributed by atoms with Crippen molar-refractivity contribution in [3.05, 3.63) is 16.4 Å². The third-order valence-electron chi connectivity index (χ3n) is 3.72. The Morgan fingerprint density at radius 2 is 2.16 bits per heavy atom. The molecule has 1 aliphatic carbocycles. The van der Waals surface area contributed by atoms with Crippen molar-refractivity contribution in [1.29, 1.82) is 0 Å². The van der Waals surface area contributed by atoms with E-state index in [9.17, 15) is 9.90 Å². The largest absolute Gasteiger partial charge is 0.388 e. The highest BCUT2D eigenvalue weighted by Gasteiger charge is 2.32. The summed E-state index contributed by atoms with van der Waals surface area (Å²) in [7, 11) is 1.71. The number of carbonyl (C=O) groups excluding carboxylic acids is 1. The first kappa shape index (κ1) is 14.3. The number of hydrogen-bond acceptors (Lipinski definition) is 3. The molecule has 2 N–H and O–H groups in total. The topological polar surface area (TPSA) is 67.2 Å². The number of aryl methyl sites for hydroxylation is 2. The van der Waals surface area contributed by atoms with E-state index in [0.717, 1.165) is 25.7 Å². The zero-order chi connectivity index (χ0) is 14.0. The maximum Gasteiger partial charge on any atom is 0.256 e. The molecule has 0 radical (unpaired) electrons. The SMILES string of the molecule is CCc1nn(C)c(Cl)c1C(=O)NCC1(O)CCCC1. The molecule has 6 heteroatoms. The molecular weight excluding hydrogens is 266 g/mol. The Labute approximate surface area is 117 Å². The van der Waals surface area contributed by atoms with Crippen LogP contribution in [0.5, 0.6) is 0 Å². The van der Waals surface area contributed by atoms with Gasteiger partial charge in [-0.2, -0.15) is 5.10 Å². The standard InChI is InChI=1S/C13H20ClN3O2/c1-3-9-10(11(14)17(2)16-9)12(18)15-8-13(19)6-4-5-7-13/h19H,3-8H2,1-2H3,(H,15,18). The molecule has 0 unspecified atom stereocenters. The van der Waals surface area contributed by atoms with Crippen LogP contribution < -0.4 is 5.32 Å². The second kappa shape index (κ2) is 5.51. The fourth-order valence-corrected chi connectivity index (χ4v) is 2.80. The zero-order valence-corrected chi connectivity index (χ0v) is 12.1. The first-order chi connectivity index (χ1) is 8.97. The van der Waals surface area contributed by atoms with Gasteiger partial charge in [0.25, 0.3) is 5.91 Å². The molecule has 0 aromatic carbocycles. The predicted molar refractivity (Wildman–Crippen MR) is 73.3 cm³/mol. The van der Waals surface area contributed by atoms with Crippen LogP contribution in [0, 0.1) is 0 Å². The highest BCUT2D eigenvalue weighted by molar-refractivity contribution is 6.33. The molecule has 1 aromatic rings. The molecule has 1 aromatic heterocycles. The summed E-state index contributed by atoms with van der Waals surface area (Å²) in [5.41, 5.74) is 0.355. The van der Waals surface area contributed by atoms with Gasteiger partial charge >= 0.3 is 0 Å². The molecule has 5 nitrogen and oxygen atoms in total. The number of nitrogens with zero attached hydrogens (tertiary/aromatic N) is 2. The number of aromatic nitrogens is 2. The van der Waals surface area contributed by atoms with E-state index < -0.39 is 5.60 Å². The van der Waals surface area contributed by atoms with Crippen LogP contribution in [0.4, 0.5) is 0 Å². The Hall–Kier alpha value is -1.07. The summed E-state index contributed by atoms with van der Waals surface area (Å²) in [4.78, 5) is 12.2. The van der Waals surface area contributed by atoms with Crippen molar-refractivity contribution in [2.24, 2.45) is 7.05 Å². The van der Waals surface area contributed by atoms with Gasteiger partial charge < -0.3 is 10.4 Å². The summed E-state index contributed by atoms with van der Waals surface area (Å²) < 4.78 is 1.50. The molecule has 0 aliphatic heterocycles. The number of nitrogens with one attached hydrogen (secondary N) is 1. The first-order valence-electron chi connectivity index (χ1n) is 6.69. The van der Waals surface area contributed by atoms with Crippen molar-refractivity contribution in [2.45, 2.75) is 44.6 Å². The molecular formula is C13H20ClN3O2. The highest BCUT2D eigenvalue weighted by Crippen LogP contribution is 2.29. The molecule has 0 bridgehead atoms. The van der Waals surface area contributed by atoms with Crippen LogP contribution in [-0.4, -0.2) is 32.9 Å². The van der Waals surface area contributed by atoms with Gasteiger partial charge in [0.2, 0.25) is 0 Å². The van der Waals surface area contributed by atoms with Gasteiger partial charge in [-0.05, 0) is 19.3 Å². The Balaban J connectivity index is 2.07. The molecule has 1 fully saturated rings. The van der Waals surface area contributed by atoms with Gasteiger partial charge in [0.15, 0.2) is 0 Å². The van der Waals surface area contributed by atoms with Crippen LogP contribution in [-0.2, 0) is 13.5 Å². The van der Waals surface area contributed by atoms with Crippen LogP contribution in [0.15, 0.2) is 0 Å². The molecule has 19 heavy (non-hydrogen) atoms. The second-order valence-electron chi connectivity index (χ2n) is 5.20. The van der Waals surface area contributed by atoms with Crippen LogP contribution >= 0.6 is 11.6 Å². The highest BCUT2D eigenvalue weighted by atomic mass is 35.5. The van der Waals surface area contributed by atoms with Gasteiger partial charge in [-0.15, -0.1) is 0 Å². The summed E-state index contributed by atoms with van der Waals surface area (Å²) in [6.07, 6.45) is 4.16. The van der Waals surface area contributed by atoms with Gasteiger partial charge in [0, 0.05) is 13.6 Å². The molecule has 2 rings (SSSR count). The lowest BCUT2D eigenvalue weighted by Gasteiger charge is -2.22. The number of halogens is 1. The molecule has 0 spiro atoms. The molecule has 1 saturated carbocycles. The van der Waals surface area contributed by atoms with Gasteiger partial charge in [0.05, 0.1) is 16.9 Å². The van der Waals surface area contributed by atoms with E-state index in [1.165, 1.54) is 4.68 Å². The molecule has 1 amide bonds. The Bertz CT molecular complexity index is 478. The fraction of sp³-hybridized carbons (Fsp3) is 0.692. The average molecular weight is 286 g/mol. The quantitative estimate of drug-likeness (QED) is 0.884. The molecule has 1 aliphatic rings. The van der Waals surface area contributed by atoms with Crippen molar-refractivity contribution >= 4 is 17.5 Å². The zero-order valence-electron chi connectivity index (χ0n) is 11.4. The summed E-state index contributed by atoms with van der Waals surface area (Å²) >= 11 is 6.09. The summed E-state index contributed by atoms with van der Waals surface area (Å²) in [6, 6.07) is 0. The number of hydrogen-bond donors (Lipinski definition) is 2. The Kier molecular flexibility index (Phi) is 4.16. The van der Waals surface area contributed by atoms with Gasteiger partial charge in [0.1, 0.15) is 5.15 Å². The monoisotopic (exact) mass is 285 g/mol. The van der Waals surface area contributed by atoms with Crippen LogP contribution in [0.3, 0.4) is 0 Å². The van der Waals surface area contributed by atoms with Crippen LogP contribution in [0.25, 0.3) is 0 Å².